The van der Waals surface area contributed by atoms with Crippen molar-refractivity contribution in [2.24, 2.45) is 0 Å². The average Bonchev–Trinajstić information content (AvgIpc) is 3.28. The van der Waals surface area contributed by atoms with Crippen molar-refractivity contribution in [1.82, 2.24) is 20.0 Å². The molecule has 180 valence electrons. The van der Waals surface area contributed by atoms with Crippen molar-refractivity contribution in [2.45, 2.75) is 39.4 Å². The summed E-state index contributed by atoms with van der Waals surface area (Å²) in [4.78, 5) is 6.88. The number of benzene rings is 2. The molecule has 3 heterocycles. The second kappa shape index (κ2) is 8.89. The fourth-order valence-electron chi connectivity index (χ4n) is 4.72. The lowest BCUT2D eigenvalue weighted by molar-refractivity contribution is 0.414. The van der Waals surface area contributed by atoms with E-state index in [1.165, 1.54) is 11.1 Å². The molecule has 1 aliphatic rings. The Morgan fingerprint density at radius 3 is 2.49 bits per heavy atom. The molecule has 7 nitrogen and oxygen atoms in total. The molecular weight excluding hydrogens is 462 g/mol. The van der Waals surface area contributed by atoms with Gasteiger partial charge in [0.2, 0.25) is 0 Å². The Hall–Kier alpha value is -3.58. The third-order valence-electron chi connectivity index (χ3n) is 6.47. The second-order valence-electron chi connectivity index (χ2n) is 9.35. The molecule has 5 rings (SSSR count). The fourth-order valence-corrected chi connectivity index (χ4v) is 4.92. The van der Waals surface area contributed by atoms with Crippen molar-refractivity contribution in [1.29, 1.82) is 0 Å². The number of allylic oxidation sites excluding steroid dienone is 1. The van der Waals surface area contributed by atoms with Gasteiger partial charge in [-0.05, 0) is 68.8 Å². The molecule has 0 N–H and O–H groups in total. The smallest absolute Gasteiger partial charge is 0.134 e. The summed E-state index contributed by atoms with van der Waals surface area (Å²) >= 11 is 6.49. The molecule has 4 aromatic rings. The monoisotopic (exact) mass is 489 g/mol. The van der Waals surface area contributed by atoms with Crippen molar-refractivity contribution in [2.75, 3.05) is 19.1 Å². The number of rotatable bonds is 6. The first kappa shape index (κ1) is 23.2. The molecule has 0 amide bonds. The summed E-state index contributed by atoms with van der Waals surface area (Å²) in [6.45, 7) is 7.66. The molecule has 0 radical (unpaired) electrons. The lowest BCUT2D eigenvalue weighted by Gasteiger charge is -2.43. The molecule has 0 atom stereocenters. The van der Waals surface area contributed by atoms with Gasteiger partial charge in [-0.1, -0.05) is 22.9 Å². The summed E-state index contributed by atoms with van der Waals surface area (Å²) in [5, 5.41) is 10.3. The Labute approximate surface area is 209 Å². The first-order valence-electron chi connectivity index (χ1n) is 11.4. The highest BCUT2D eigenvalue weighted by molar-refractivity contribution is 6.30. The summed E-state index contributed by atoms with van der Waals surface area (Å²) in [7, 11) is 3.34. The zero-order valence-electron chi connectivity index (χ0n) is 20.5. The lowest BCUT2D eigenvalue weighted by Crippen LogP contribution is -2.44. The molecule has 0 aliphatic carbocycles. The largest absolute Gasteiger partial charge is 0.497 e. The molecular formula is C27H28ClN5O2. The first-order chi connectivity index (χ1) is 16.8. The highest BCUT2D eigenvalue weighted by Gasteiger charge is 2.32. The highest BCUT2D eigenvalue weighted by Crippen LogP contribution is 2.41. The van der Waals surface area contributed by atoms with Crippen molar-refractivity contribution < 1.29 is 9.47 Å². The van der Waals surface area contributed by atoms with Gasteiger partial charge in [-0.25, -0.2) is 9.67 Å². The number of halogens is 1. The van der Waals surface area contributed by atoms with E-state index in [9.17, 15) is 0 Å². The number of methoxy groups -OCH3 is 2. The van der Waals surface area contributed by atoms with E-state index >= 15 is 0 Å². The van der Waals surface area contributed by atoms with Crippen LogP contribution in [0.4, 0.5) is 5.69 Å². The highest BCUT2D eigenvalue weighted by atomic mass is 35.5. The Kier molecular flexibility index (Phi) is 5.89. The Bertz CT molecular complexity index is 1440. The summed E-state index contributed by atoms with van der Waals surface area (Å²) in [6.07, 6.45) is 4.25. The van der Waals surface area contributed by atoms with Crippen LogP contribution in [0.25, 0.3) is 16.5 Å². The first-order valence-corrected chi connectivity index (χ1v) is 11.8. The van der Waals surface area contributed by atoms with E-state index in [4.69, 9.17) is 21.1 Å². The van der Waals surface area contributed by atoms with Gasteiger partial charge >= 0.3 is 0 Å². The van der Waals surface area contributed by atoms with Crippen molar-refractivity contribution in [3.63, 3.8) is 0 Å². The van der Waals surface area contributed by atoms with E-state index in [1.54, 1.807) is 18.9 Å². The van der Waals surface area contributed by atoms with Crippen LogP contribution in [0, 0.1) is 0 Å². The van der Waals surface area contributed by atoms with E-state index in [0.29, 0.717) is 18.2 Å². The van der Waals surface area contributed by atoms with Crippen LogP contribution >= 0.6 is 11.6 Å². The van der Waals surface area contributed by atoms with Crippen molar-refractivity contribution in [3.05, 3.63) is 76.7 Å². The van der Waals surface area contributed by atoms with Gasteiger partial charge in [-0.3, -0.25) is 0 Å². The van der Waals surface area contributed by atoms with Crippen LogP contribution in [-0.4, -0.2) is 39.7 Å². The maximum Gasteiger partial charge on any atom is 0.134 e. The summed E-state index contributed by atoms with van der Waals surface area (Å²) in [5.74, 6) is 1.63. The van der Waals surface area contributed by atoms with Gasteiger partial charge in [0.25, 0.3) is 0 Å². The van der Waals surface area contributed by atoms with Gasteiger partial charge in [-0.2, -0.15) is 0 Å². The van der Waals surface area contributed by atoms with Gasteiger partial charge in [0.05, 0.1) is 44.6 Å². The minimum absolute atomic E-state index is 0.180. The van der Waals surface area contributed by atoms with E-state index in [0.717, 1.165) is 39.3 Å². The van der Waals surface area contributed by atoms with Crippen LogP contribution in [-0.2, 0) is 13.1 Å². The van der Waals surface area contributed by atoms with Gasteiger partial charge in [0.15, 0.2) is 0 Å². The van der Waals surface area contributed by atoms with E-state index in [-0.39, 0.29) is 5.54 Å². The van der Waals surface area contributed by atoms with Crippen molar-refractivity contribution >= 4 is 33.8 Å². The number of fused-ring (bicyclic) bond motifs is 2. The lowest BCUT2D eigenvalue weighted by atomic mass is 9.88. The maximum absolute atomic E-state index is 6.49. The molecule has 35 heavy (non-hydrogen) atoms. The molecule has 1 aliphatic heterocycles. The maximum atomic E-state index is 6.49. The number of hydrogen-bond acceptors (Lipinski definition) is 6. The zero-order chi connectivity index (χ0) is 24.7. The summed E-state index contributed by atoms with van der Waals surface area (Å²) < 4.78 is 12.6. The molecule has 8 heteroatoms. The molecule has 0 saturated heterocycles. The molecule has 0 fully saturated rings. The molecule has 0 saturated carbocycles. The quantitative estimate of drug-likeness (QED) is 0.321. The van der Waals surface area contributed by atoms with Crippen LogP contribution in [0.15, 0.2) is 54.7 Å². The van der Waals surface area contributed by atoms with Crippen LogP contribution in [0.5, 0.6) is 11.5 Å². The zero-order valence-corrected chi connectivity index (χ0v) is 21.3. The Morgan fingerprint density at radius 2 is 1.71 bits per heavy atom. The number of nitrogens with zero attached hydrogens (tertiary/aromatic N) is 5. The minimum atomic E-state index is -0.180. The third-order valence-corrected chi connectivity index (χ3v) is 6.80. The van der Waals surface area contributed by atoms with Crippen LogP contribution in [0.2, 0.25) is 5.15 Å². The van der Waals surface area contributed by atoms with E-state index in [2.05, 4.69) is 59.2 Å². The number of anilines is 1. The predicted octanol–water partition coefficient (Wildman–Crippen LogP) is 5.75. The Balaban J connectivity index is 1.41. The summed E-state index contributed by atoms with van der Waals surface area (Å²) in [5.41, 5.74) is 5.95. The minimum Gasteiger partial charge on any atom is -0.497 e. The third kappa shape index (κ3) is 4.44. The number of hydrogen-bond donors (Lipinski definition) is 0. The number of ether oxygens (including phenoxy) is 2. The molecule has 0 spiro atoms. The van der Waals surface area contributed by atoms with Gasteiger partial charge < -0.3 is 14.4 Å². The van der Waals surface area contributed by atoms with E-state index in [1.807, 2.05) is 36.5 Å². The van der Waals surface area contributed by atoms with Gasteiger partial charge in [-0.15, -0.1) is 5.10 Å². The van der Waals surface area contributed by atoms with Crippen LogP contribution in [0.3, 0.4) is 0 Å². The Morgan fingerprint density at radius 1 is 0.971 bits per heavy atom. The molecule has 2 aromatic heterocycles. The fraction of sp³-hybridized carbons (Fsp3) is 0.296. The average molecular weight is 490 g/mol. The number of aromatic nitrogens is 4. The second-order valence-corrected chi connectivity index (χ2v) is 9.71. The van der Waals surface area contributed by atoms with Crippen molar-refractivity contribution in [3.8, 4) is 11.5 Å². The molecule has 0 bridgehead atoms. The van der Waals surface area contributed by atoms with Crippen LogP contribution < -0.4 is 14.4 Å². The normalized spacial score (nSPS) is 14.6. The predicted molar refractivity (Wildman–Crippen MR) is 139 cm³/mol. The molecule has 2 aromatic carbocycles. The SMILES string of the molecule is COc1ccc2c(c1)C(C)=CC(C)(C)N2Cc1cn(Cc2cc3cc(OC)ccc3nc2Cl)nn1. The van der Waals surface area contributed by atoms with Gasteiger partial charge in [0.1, 0.15) is 22.3 Å². The van der Waals surface area contributed by atoms with E-state index < -0.39 is 0 Å². The number of pyridine rings is 1. The standard InChI is InChI=1S/C27H28ClN5O2/c1-17-13-27(2,3)33(25-9-7-22(35-5)12-23(17)25)16-20-15-32(31-30-20)14-19-10-18-11-21(34-4)6-8-24(18)29-26(19)28/h6-13,15H,14,16H2,1-5H3. The topological polar surface area (TPSA) is 65.3 Å². The summed E-state index contributed by atoms with van der Waals surface area (Å²) in [6, 6.07) is 14.0. The van der Waals surface area contributed by atoms with Gasteiger partial charge in [0, 0.05) is 22.2 Å². The van der Waals surface area contributed by atoms with Crippen LogP contribution in [0.1, 0.15) is 37.6 Å². The molecule has 0 unspecified atom stereocenters.